The number of carbonyl (C=O) groups excluding carboxylic acids is 1. The molecule has 0 aliphatic heterocycles. The first kappa shape index (κ1) is 17.7. The second-order valence-corrected chi connectivity index (χ2v) is 7.31. The van der Waals surface area contributed by atoms with Gasteiger partial charge in [0.05, 0.1) is 11.8 Å². The lowest BCUT2D eigenvalue weighted by Gasteiger charge is -2.14. The Morgan fingerprint density at radius 3 is 2.64 bits per heavy atom. The van der Waals surface area contributed by atoms with Crippen molar-refractivity contribution in [2.24, 2.45) is 0 Å². The van der Waals surface area contributed by atoms with Crippen LogP contribution < -0.4 is 5.32 Å². The molecule has 0 saturated carbocycles. The van der Waals surface area contributed by atoms with Gasteiger partial charge in [-0.25, -0.2) is 0 Å². The van der Waals surface area contributed by atoms with Crippen LogP contribution in [-0.4, -0.2) is 26.4 Å². The summed E-state index contributed by atoms with van der Waals surface area (Å²) in [6.45, 7) is 1.97. The third kappa shape index (κ3) is 4.70. The number of hydrogen-bond donors (Lipinski definition) is 1. The predicted molar refractivity (Wildman–Crippen MR) is 103 cm³/mol. The fraction of sp³-hybridized carbons (Fsp3) is 0.167. The van der Waals surface area contributed by atoms with E-state index in [9.17, 15) is 4.79 Å². The Hall–Kier alpha value is -2.12. The molecule has 1 N–H and O–H groups in total. The van der Waals surface area contributed by atoms with Crippen LogP contribution in [0.5, 0.6) is 0 Å². The van der Waals surface area contributed by atoms with Gasteiger partial charge >= 0.3 is 0 Å². The maximum Gasteiger partial charge on any atom is 0.230 e. The van der Waals surface area contributed by atoms with Crippen LogP contribution in [0.25, 0.3) is 5.69 Å². The van der Waals surface area contributed by atoms with Gasteiger partial charge in [-0.1, -0.05) is 58.0 Å². The lowest BCUT2D eigenvalue weighted by atomic mass is 10.1. The normalized spacial score (nSPS) is 11.9. The molecule has 0 bridgehead atoms. The molecule has 128 valence electrons. The zero-order valence-corrected chi connectivity index (χ0v) is 16.0. The molecule has 1 atom stereocenters. The van der Waals surface area contributed by atoms with Gasteiger partial charge in [-0.2, -0.15) is 0 Å². The highest BCUT2D eigenvalue weighted by atomic mass is 79.9. The number of thioether (sulfide) groups is 1. The van der Waals surface area contributed by atoms with E-state index in [1.165, 1.54) is 11.8 Å². The Kier molecular flexibility index (Phi) is 5.88. The van der Waals surface area contributed by atoms with Crippen LogP contribution in [0.4, 0.5) is 0 Å². The molecule has 0 spiro atoms. The van der Waals surface area contributed by atoms with Crippen molar-refractivity contribution in [2.75, 3.05) is 5.75 Å². The Morgan fingerprint density at radius 2 is 1.92 bits per heavy atom. The predicted octanol–water partition coefficient (Wildman–Crippen LogP) is 4.00. The van der Waals surface area contributed by atoms with E-state index in [1.54, 1.807) is 6.33 Å². The first-order chi connectivity index (χ1) is 12.1. The quantitative estimate of drug-likeness (QED) is 0.616. The first-order valence-electron chi connectivity index (χ1n) is 7.76. The van der Waals surface area contributed by atoms with Crippen LogP contribution >= 0.6 is 27.7 Å². The maximum absolute atomic E-state index is 12.2. The summed E-state index contributed by atoms with van der Waals surface area (Å²) in [5.74, 6) is 0.245. The molecule has 0 aliphatic carbocycles. The number of nitrogens with one attached hydrogen (secondary N) is 1. The van der Waals surface area contributed by atoms with Gasteiger partial charge in [0, 0.05) is 10.2 Å². The van der Waals surface area contributed by atoms with Crippen molar-refractivity contribution < 1.29 is 4.79 Å². The summed E-state index contributed by atoms with van der Waals surface area (Å²) in [7, 11) is 0. The van der Waals surface area contributed by atoms with Gasteiger partial charge in [0.25, 0.3) is 0 Å². The molecule has 5 nitrogen and oxygen atoms in total. The minimum atomic E-state index is -0.0480. The van der Waals surface area contributed by atoms with E-state index >= 15 is 0 Å². The van der Waals surface area contributed by atoms with Crippen LogP contribution in [0.3, 0.4) is 0 Å². The van der Waals surface area contributed by atoms with Crippen LogP contribution in [0.2, 0.25) is 0 Å². The van der Waals surface area contributed by atoms with Gasteiger partial charge in [-0.05, 0) is 36.8 Å². The van der Waals surface area contributed by atoms with Crippen LogP contribution in [0.1, 0.15) is 18.5 Å². The van der Waals surface area contributed by atoms with Crippen molar-refractivity contribution >= 4 is 33.6 Å². The SMILES string of the molecule is C[C@H](NC(=O)CSc1nncn1-c1ccccc1)c1ccc(Br)cc1. The smallest absolute Gasteiger partial charge is 0.230 e. The number of hydrogen-bond acceptors (Lipinski definition) is 4. The molecule has 0 saturated heterocycles. The van der Waals surface area contributed by atoms with Crippen molar-refractivity contribution in [1.82, 2.24) is 20.1 Å². The first-order valence-corrected chi connectivity index (χ1v) is 9.54. The van der Waals surface area contributed by atoms with E-state index in [2.05, 4.69) is 31.4 Å². The van der Waals surface area contributed by atoms with E-state index in [4.69, 9.17) is 0 Å². The van der Waals surface area contributed by atoms with E-state index in [0.717, 1.165) is 15.7 Å². The molecule has 25 heavy (non-hydrogen) atoms. The van der Waals surface area contributed by atoms with Crippen molar-refractivity contribution in [3.05, 3.63) is 71.0 Å². The highest BCUT2D eigenvalue weighted by Crippen LogP contribution is 2.20. The number of para-hydroxylation sites is 1. The Balaban J connectivity index is 1.58. The van der Waals surface area contributed by atoms with Crippen molar-refractivity contribution in [2.45, 2.75) is 18.1 Å². The fourth-order valence-corrected chi connectivity index (χ4v) is 3.34. The molecule has 0 fully saturated rings. The molecule has 3 aromatic rings. The Bertz CT molecular complexity index is 836. The second-order valence-electron chi connectivity index (χ2n) is 5.45. The minimum Gasteiger partial charge on any atom is -0.349 e. The van der Waals surface area contributed by atoms with Gasteiger partial charge in [0.2, 0.25) is 5.91 Å². The molecule has 0 aliphatic rings. The van der Waals surface area contributed by atoms with Gasteiger partial charge in [-0.15, -0.1) is 10.2 Å². The summed E-state index contributed by atoms with van der Waals surface area (Å²) in [4.78, 5) is 12.2. The highest BCUT2D eigenvalue weighted by molar-refractivity contribution is 9.10. The lowest BCUT2D eigenvalue weighted by molar-refractivity contribution is -0.119. The number of aromatic nitrogens is 3. The van der Waals surface area contributed by atoms with Crippen molar-refractivity contribution in [3.8, 4) is 5.69 Å². The molecule has 1 aromatic heterocycles. The number of halogens is 1. The Labute approximate surface area is 159 Å². The summed E-state index contributed by atoms with van der Waals surface area (Å²) >= 11 is 4.78. The zero-order valence-electron chi connectivity index (χ0n) is 13.6. The molecule has 7 heteroatoms. The van der Waals surface area contributed by atoms with E-state index in [1.807, 2.05) is 66.1 Å². The third-order valence-electron chi connectivity index (χ3n) is 3.63. The van der Waals surface area contributed by atoms with Gasteiger partial charge in [-0.3, -0.25) is 9.36 Å². The van der Waals surface area contributed by atoms with Crippen molar-refractivity contribution in [3.63, 3.8) is 0 Å². The number of nitrogens with zero attached hydrogens (tertiary/aromatic N) is 3. The monoisotopic (exact) mass is 416 g/mol. The number of rotatable bonds is 6. The summed E-state index contributed by atoms with van der Waals surface area (Å²) in [5, 5.41) is 11.7. The molecule has 1 amide bonds. The fourth-order valence-electron chi connectivity index (χ4n) is 2.34. The van der Waals surface area contributed by atoms with Crippen LogP contribution in [-0.2, 0) is 4.79 Å². The average molecular weight is 417 g/mol. The summed E-state index contributed by atoms with van der Waals surface area (Å²) < 4.78 is 2.89. The zero-order chi connectivity index (χ0) is 17.6. The molecule has 1 heterocycles. The number of amides is 1. The third-order valence-corrected chi connectivity index (χ3v) is 5.10. The van der Waals surface area contributed by atoms with Crippen molar-refractivity contribution in [1.29, 1.82) is 0 Å². The van der Waals surface area contributed by atoms with E-state index in [-0.39, 0.29) is 17.7 Å². The second kappa shape index (κ2) is 8.31. The van der Waals surface area contributed by atoms with Gasteiger partial charge in [0.1, 0.15) is 6.33 Å². The van der Waals surface area contributed by atoms with E-state index in [0.29, 0.717) is 5.16 Å². The molecule has 2 aromatic carbocycles. The summed E-state index contributed by atoms with van der Waals surface area (Å²) in [6.07, 6.45) is 1.65. The minimum absolute atomic E-state index is 0.0389. The number of carbonyl (C=O) groups is 1. The summed E-state index contributed by atoms with van der Waals surface area (Å²) in [5.41, 5.74) is 2.03. The van der Waals surface area contributed by atoms with Crippen LogP contribution in [0.15, 0.2) is 70.6 Å². The standard InChI is InChI=1S/C18H17BrN4OS/c1-13(14-7-9-15(19)10-8-14)21-17(24)11-25-18-22-20-12-23(18)16-5-3-2-4-6-16/h2-10,12-13H,11H2,1H3,(H,21,24)/t13-/m0/s1. The molecular weight excluding hydrogens is 400 g/mol. The topological polar surface area (TPSA) is 59.8 Å². The van der Waals surface area contributed by atoms with Gasteiger partial charge in [0.15, 0.2) is 5.16 Å². The molecule has 3 rings (SSSR count). The highest BCUT2D eigenvalue weighted by Gasteiger charge is 2.13. The average Bonchev–Trinajstić information content (AvgIpc) is 3.10. The van der Waals surface area contributed by atoms with Crippen LogP contribution in [0, 0.1) is 0 Å². The Morgan fingerprint density at radius 1 is 1.20 bits per heavy atom. The molecular formula is C18H17BrN4OS. The largest absolute Gasteiger partial charge is 0.349 e. The number of benzene rings is 2. The van der Waals surface area contributed by atoms with E-state index < -0.39 is 0 Å². The van der Waals surface area contributed by atoms with Gasteiger partial charge < -0.3 is 5.32 Å². The maximum atomic E-state index is 12.2. The summed E-state index contributed by atoms with van der Waals surface area (Å²) in [6, 6.07) is 17.7. The lowest BCUT2D eigenvalue weighted by Crippen LogP contribution is -2.28. The molecule has 0 unspecified atom stereocenters. The molecule has 0 radical (unpaired) electrons.